The number of thioether (sulfide) groups is 1. The van der Waals surface area contributed by atoms with Crippen LogP contribution in [0.4, 0.5) is 0 Å². The number of hydrogen-bond acceptors (Lipinski definition) is 5. The summed E-state index contributed by atoms with van der Waals surface area (Å²) in [4.78, 5) is 12.7. The largest absolute Gasteiger partial charge is 0.451 e. The van der Waals surface area contributed by atoms with E-state index in [1.807, 2.05) is 30.3 Å². The summed E-state index contributed by atoms with van der Waals surface area (Å²) in [6.07, 6.45) is 2.21. The van der Waals surface area contributed by atoms with Gasteiger partial charge in [0.1, 0.15) is 5.58 Å². The van der Waals surface area contributed by atoms with Crippen molar-refractivity contribution in [2.45, 2.75) is 22.8 Å². The van der Waals surface area contributed by atoms with E-state index < -0.39 is 0 Å². The highest BCUT2D eigenvalue weighted by Crippen LogP contribution is 2.33. The zero-order valence-electron chi connectivity index (χ0n) is 14.9. The van der Waals surface area contributed by atoms with Gasteiger partial charge in [-0.3, -0.25) is 4.79 Å². The highest BCUT2D eigenvalue weighted by molar-refractivity contribution is 8.00. The number of benzene rings is 1. The van der Waals surface area contributed by atoms with Crippen LogP contribution < -0.4 is 10.6 Å². The fraction of sp³-hybridized carbons (Fsp3) is 0.350. The van der Waals surface area contributed by atoms with Crippen LogP contribution in [0.5, 0.6) is 0 Å². The number of hydrogen-bond donors (Lipinski definition) is 2. The normalized spacial score (nSPS) is 16.4. The first kappa shape index (κ1) is 20.3. The third-order valence-corrected chi connectivity index (χ3v) is 6.92. The third kappa shape index (κ3) is 4.88. The Morgan fingerprint density at radius 2 is 2.19 bits per heavy atom. The molecule has 2 aromatic heterocycles. The van der Waals surface area contributed by atoms with Crippen LogP contribution in [-0.2, 0) is 5.75 Å². The Morgan fingerprint density at radius 3 is 2.96 bits per heavy atom. The number of fused-ring (bicyclic) bond motifs is 1. The highest BCUT2D eigenvalue weighted by Gasteiger charge is 2.21. The molecule has 1 unspecified atom stereocenters. The molecule has 1 amide bonds. The summed E-state index contributed by atoms with van der Waals surface area (Å²) in [5, 5.41) is 9.52. The van der Waals surface area contributed by atoms with Crippen molar-refractivity contribution in [3.63, 3.8) is 0 Å². The van der Waals surface area contributed by atoms with Gasteiger partial charge in [-0.15, -0.1) is 35.5 Å². The number of nitrogens with one attached hydrogen (secondary N) is 2. The zero-order valence-corrected chi connectivity index (χ0v) is 17.4. The molecule has 1 aliphatic heterocycles. The SMILES string of the molecule is Cl.O=C(NCCC1CCNC1)c1oc2ccccc2c1CSc1cccs1. The number of carbonyl (C=O) groups is 1. The number of rotatable bonds is 7. The second-order valence-electron chi connectivity index (χ2n) is 6.53. The van der Waals surface area contributed by atoms with Crippen LogP contribution in [0.3, 0.4) is 0 Å². The predicted octanol–water partition coefficient (Wildman–Crippen LogP) is 4.94. The highest BCUT2D eigenvalue weighted by atomic mass is 35.5. The number of furan rings is 1. The van der Waals surface area contributed by atoms with Crippen LogP contribution in [0, 0.1) is 5.92 Å². The molecule has 1 aliphatic rings. The van der Waals surface area contributed by atoms with Crippen molar-refractivity contribution in [1.29, 1.82) is 0 Å². The topological polar surface area (TPSA) is 54.3 Å². The predicted molar refractivity (Wildman–Crippen MR) is 115 cm³/mol. The van der Waals surface area contributed by atoms with E-state index in [1.54, 1.807) is 23.1 Å². The average molecular weight is 423 g/mol. The van der Waals surface area contributed by atoms with Gasteiger partial charge >= 0.3 is 0 Å². The van der Waals surface area contributed by atoms with Crippen molar-refractivity contribution in [2.75, 3.05) is 19.6 Å². The minimum absolute atomic E-state index is 0. The lowest BCUT2D eigenvalue weighted by atomic mass is 10.1. The van der Waals surface area contributed by atoms with E-state index in [2.05, 4.69) is 22.1 Å². The molecule has 3 aromatic rings. The van der Waals surface area contributed by atoms with Gasteiger partial charge in [-0.05, 0) is 49.4 Å². The van der Waals surface area contributed by atoms with E-state index >= 15 is 0 Å². The van der Waals surface area contributed by atoms with Crippen molar-refractivity contribution in [2.24, 2.45) is 5.92 Å². The number of para-hydroxylation sites is 1. The molecule has 0 radical (unpaired) electrons. The molecule has 4 rings (SSSR count). The molecular weight excluding hydrogens is 400 g/mol. The van der Waals surface area contributed by atoms with Crippen molar-refractivity contribution >= 4 is 52.4 Å². The Kier molecular flexibility index (Phi) is 7.24. The lowest BCUT2D eigenvalue weighted by molar-refractivity contribution is 0.0925. The van der Waals surface area contributed by atoms with Gasteiger partial charge in [0.05, 0.1) is 4.21 Å². The maximum atomic E-state index is 12.7. The molecule has 27 heavy (non-hydrogen) atoms. The molecule has 1 atom stereocenters. The van der Waals surface area contributed by atoms with Crippen molar-refractivity contribution < 1.29 is 9.21 Å². The number of halogens is 1. The Labute approximate surface area is 173 Å². The van der Waals surface area contributed by atoms with Crippen LogP contribution in [-0.4, -0.2) is 25.5 Å². The lowest BCUT2D eigenvalue weighted by Crippen LogP contribution is -2.26. The minimum atomic E-state index is -0.103. The van der Waals surface area contributed by atoms with Gasteiger partial charge < -0.3 is 15.1 Å². The summed E-state index contributed by atoms with van der Waals surface area (Å²) < 4.78 is 7.16. The Balaban J connectivity index is 0.00000210. The molecule has 0 spiro atoms. The summed E-state index contributed by atoms with van der Waals surface area (Å²) in [6.45, 7) is 2.84. The van der Waals surface area contributed by atoms with Crippen molar-refractivity contribution in [1.82, 2.24) is 10.6 Å². The molecular formula is C20H23ClN2O2S2. The molecule has 0 bridgehead atoms. The number of carbonyl (C=O) groups excluding carboxylic acids is 1. The molecule has 1 aromatic carbocycles. The first-order valence-electron chi connectivity index (χ1n) is 8.97. The summed E-state index contributed by atoms with van der Waals surface area (Å²) in [5.74, 6) is 1.75. The second kappa shape index (κ2) is 9.64. The lowest BCUT2D eigenvalue weighted by Gasteiger charge is -2.09. The Morgan fingerprint density at radius 1 is 1.30 bits per heavy atom. The van der Waals surface area contributed by atoms with Gasteiger partial charge in [-0.1, -0.05) is 24.3 Å². The van der Waals surface area contributed by atoms with E-state index in [1.165, 1.54) is 10.6 Å². The summed E-state index contributed by atoms with van der Waals surface area (Å²) in [6, 6.07) is 12.0. The zero-order chi connectivity index (χ0) is 17.8. The van der Waals surface area contributed by atoms with E-state index in [0.29, 0.717) is 18.2 Å². The standard InChI is InChI=1S/C20H22N2O2S2.ClH/c23-20(22-10-8-14-7-9-21-12-14)19-16(13-26-18-6-3-11-25-18)15-4-1-2-5-17(15)24-19;/h1-6,11,14,21H,7-10,12-13H2,(H,22,23);1H. The van der Waals surface area contributed by atoms with Crippen LogP contribution in [0.1, 0.15) is 29.0 Å². The van der Waals surface area contributed by atoms with Gasteiger partial charge in [0.15, 0.2) is 5.76 Å². The molecule has 0 saturated carbocycles. The molecule has 144 valence electrons. The van der Waals surface area contributed by atoms with Gasteiger partial charge in [0, 0.05) is 23.2 Å². The fourth-order valence-corrected chi connectivity index (χ4v) is 5.16. The molecule has 4 nitrogen and oxygen atoms in total. The van der Waals surface area contributed by atoms with Crippen LogP contribution in [0.25, 0.3) is 11.0 Å². The van der Waals surface area contributed by atoms with Gasteiger partial charge in [0.25, 0.3) is 5.91 Å². The number of thiophene rings is 1. The monoisotopic (exact) mass is 422 g/mol. The summed E-state index contributed by atoms with van der Waals surface area (Å²) in [7, 11) is 0. The molecule has 1 saturated heterocycles. The van der Waals surface area contributed by atoms with Crippen molar-refractivity contribution in [3.05, 3.63) is 53.1 Å². The van der Waals surface area contributed by atoms with E-state index in [9.17, 15) is 4.79 Å². The minimum Gasteiger partial charge on any atom is -0.451 e. The van der Waals surface area contributed by atoms with E-state index in [4.69, 9.17) is 4.42 Å². The maximum absolute atomic E-state index is 12.7. The first-order chi connectivity index (χ1) is 12.8. The van der Waals surface area contributed by atoms with Gasteiger partial charge in [-0.2, -0.15) is 0 Å². The maximum Gasteiger partial charge on any atom is 0.287 e. The van der Waals surface area contributed by atoms with Crippen molar-refractivity contribution in [3.8, 4) is 0 Å². The van der Waals surface area contributed by atoms with E-state index in [-0.39, 0.29) is 18.3 Å². The molecule has 0 aliphatic carbocycles. The van der Waals surface area contributed by atoms with Crippen LogP contribution in [0.2, 0.25) is 0 Å². The first-order valence-corrected chi connectivity index (χ1v) is 10.8. The Bertz CT molecular complexity index is 873. The average Bonchev–Trinajstić information content (AvgIpc) is 3.40. The molecule has 3 heterocycles. The second-order valence-corrected chi connectivity index (χ2v) is 8.75. The van der Waals surface area contributed by atoms with Crippen LogP contribution in [0.15, 0.2) is 50.4 Å². The number of amides is 1. The van der Waals surface area contributed by atoms with Gasteiger partial charge in [-0.25, -0.2) is 0 Å². The van der Waals surface area contributed by atoms with Gasteiger partial charge in [0.2, 0.25) is 0 Å². The molecule has 7 heteroatoms. The fourth-order valence-electron chi connectivity index (χ4n) is 3.35. The molecule has 2 N–H and O–H groups in total. The summed E-state index contributed by atoms with van der Waals surface area (Å²) >= 11 is 3.46. The van der Waals surface area contributed by atoms with Crippen LogP contribution >= 0.6 is 35.5 Å². The molecule has 1 fully saturated rings. The summed E-state index contributed by atoms with van der Waals surface area (Å²) in [5.41, 5.74) is 1.76. The Hall–Kier alpha value is -1.47. The third-order valence-electron chi connectivity index (χ3n) is 4.76. The smallest absolute Gasteiger partial charge is 0.287 e. The quantitative estimate of drug-likeness (QED) is 0.529. The van der Waals surface area contributed by atoms with E-state index in [0.717, 1.165) is 41.8 Å².